The molecule has 2 aliphatic carbocycles. The van der Waals surface area contributed by atoms with Gasteiger partial charge < -0.3 is 10.8 Å². The van der Waals surface area contributed by atoms with E-state index in [2.05, 4.69) is 44.4 Å². The quantitative estimate of drug-likeness (QED) is 0.124. The first kappa shape index (κ1) is 30.6. The molecule has 0 aliphatic heterocycles. The fourth-order valence-electron chi connectivity index (χ4n) is 3.60. The molecule has 2 aliphatic rings. The molecule has 0 saturated heterocycles. The van der Waals surface area contributed by atoms with Gasteiger partial charge in [0.25, 0.3) is 0 Å². The van der Waals surface area contributed by atoms with Crippen molar-refractivity contribution < 1.29 is 36.2 Å². The minimum Gasteiger partial charge on any atom is -0.753 e. The predicted octanol–water partition coefficient (Wildman–Crippen LogP) is 4.36. The van der Waals surface area contributed by atoms with Crippen LogP contribution in [0.2, 0.25) is 0 Å². The Hall–Kier alpha value is -4.60. The number of isothiocyanates is 2. The Labute approximate surface area is 242 Å². The van der Waals surface area contributed by atoms with Crippen LogP contribution in [-0.2, 0) is 17.1 Å². The summed E-state index contributed by atoms with van der Waals surface area (Å²) < 4.78 is 0. The van der Waals surface area contributed by atoms with Gasteiger partial charge in [0.15, 0.2) is 0 Å². The van der Waals surface area contributed by atoms with Gasteiger partial charge in [-0.1, -0.05) is 24.4 Å². The first-order chi connectivity index (χ1) is 18.4. The molecule has 4 aromatic heterocycles. The van der Waals surface area contributed by atoms with Crippen LogP contribution in [0.3, 0.4) is 0 Å². The van der Waals surface area contributed by atoms with Crippen molar-refractivity contribution in [2.24, 2.45) is 0 Å². The number of pyridine rings is 4. The van der Waals surface area contributed by atoms with E-state index in [4.69, 9.17) is 10.8 Å². The summed E-state index contributed by atoms with van der Waals surface area (Å²) in [6.45, 7) is 0. The molecular formula is C26H12MnN6O4S2. The SMILES string of the molecule is O=C1C(=O)c2cccnc2-c2ncccc21.O=C1C(=O)c2cccnc2-c2ncccc21.[Mn+2].[N-]=C=S.[N-]=C=S. The van der Waals surface area contributed by atoms with E-state index in [-0.39, 0.29) is 17.1 Å². The maximum Gasteiger partial charge on any atom is 2.00 e. The number of thiocarbonyl (C=S) groups is 2. The first-order valence-corrected chi connectivity index (χ1v) is 11.2. The number of fused-ring (bicyclic) bond motifs is 6. The van der Waals surface area contributed by atoms with Crippen molar-refractivity contribution in [1.29, 1.82) is 0 Å². The zero-order valence-electron chi connectivity index (χ0n) is 19.4. The summed E-state index contributed by atoms with van der Waals surface area (Å²) in [7, 11) is 0. The second-order valence-corrected chi connectivity index (χ2v) is 7.46. The van der Waals surface area contributed by atoms with E-state index >= 15 is 0 Å². The average Bonchev–Trinajstić information content (AvgIpc) is 2.96. The molecule has 0 aromatic carbocycles. The van der Waals surface area contributed by atoms with Crippen LogP contribution in [-0.4, -0.2) is 53.4 Å². The van der Waals surface area contributed by atoms with E-state index in [1.54, 1.807) is 73.3 Å². The van der Waals surface area contributed by atoms with Crippen LogP contribution in [0.25, 0.3) is 33.6 Å². The molecule has 0 bridgehead atoms. The van der Waals surface area contributed by atoms with Gasteiger partial charge in [-0.25, -0.2) is 0 Å². The van der Waals surface area contributed by atoms with E-state index in [0.717, 1.165) is 0 Å². The number of nitrogens with zero attached hydrogens (tertiary/aromatic N) is 6. The Morgan fingerprint density at radius 2 is 0.667 bits per heavy atom. The molecule has 0 unspecified atom stereocenters. The van der Waals surface area contributed by atoms with Crippen LogP contribution in [0.4, 0.5) is 0 Å². The third-order valence-electron chi connectivity index (χ3n) is 5.07. The standard InChI is InChI=1S/2C12H6N2O2.2CNS.Mn/c2*15-11-7-3-1-5-13-9(7)10-8(12(11)16)4-2-6-14-10;2*2-1-3;/h2*1-6H;;;/q;;2*-1;+2. The Bertz CT molecular complexity index is 1430. The zero-order valence-corrected chi connectivity index (χ0v) is 22.3. The van der Waals surface area contributed by atoms with E-state index in [9.17, 15) is 19.2 Å². The fraction of sp³-hybridized carbons (Fsp3) is 0. The molecule has 0 N–H and O–H groups in total. The molecule has 39 heavy (non-hydrogen) atoms. The fourth-order valence-corrected chi connectivity index (χ4v) is 3.60. The molecule has 1 radical (unpaired) electrons. The number of hydrogen-bond acceptors (Lipinski definition) is 10. The maximum absolute atomic E-state index is 11.8. The summed E-state index contributed by atoms with van der Waals surface area (Å²) in [5.41, 5.74) is 3.28. The van der Waals surface area contributed by atoms with E-state index in [0.29, 0.717) is 45.0 Å². The second kappa shape index (κ2) is 14.4. The largest absolute Gasteiger partial charge is 2.00 e. The van der Waals surface area contributed by atoms with Gasteiger partial charge in [0, 0.05) is 24.8 Å². The number of Topliss-reactive ketones (excluding diaryl/α,β-unsaturated/α-hetero) is 4. The molecule has 4 heterocycles. The van der Waals surface area contributed by atoms with Crippen molar-refractivity contribution in [3.05, 3.63) is 106 Å². The van der Waals surface area contributed by atoms with E-state index in [1.807, 2.05) is 0 Å². The zero-order chi connectivity index (χ0) is 27.7. The molecule has 10 nitrogen and oxygen atoms in total. The molecular weight excluding hydrogens is 579 g/mol. The van der Waals surface area contributed by atoms with Gasteiger partial charge in [0.2, 0.25) is 23.1 Å². The summed E-state index contributed by atoms with van der Waals surface area (Å²) in [5, 5.41) is 16.9. The number of aromatic nitrogens is 4. The van der Waals surface area contributed by atoms with E-state index < -0.39 is 23.1 Å². The van der Waals surface area contributed by atoms with Gasteiger partial charge >= 0.3 is 17.1 Å². The van der Waals surface area contributed by atoms with Crippen LogP contribution < -0.4 is 0 Å². The summed E-state index contributed by atoms with van der Waals surface area (Å²) in [6, 6.07) is 12.9. The van der Waals surface area contributed by atoms with Gasteiger partial charge in [-0.15, -0.1) is 0 Å². The van der Waals surface area contributed by atoms with Crippen LogP contribution in [0.5, 0.6) is 0 Å². The smallest absolute Gasteiger partial charge is 0.753 e. The maximum atomic E-state index is 11.8. The van der Waals surface area contributed by atoms with Gasteiger partial charge in [0.1, 0.15) is 22.8 Å². The van der Waals surface area contributed by atoms with Crippen molar-refractivity contribution in [2.75, 3.05) is 0 Å². The molecule has 4 aromatic rings. The third-order valence-corrected chi connectivity index (χ3v) is 5.07. The van der Waals surface area contributed by atoms with Crippen molar-refractivity contribution in [1.82, 2.24) is 19.9 Å². The predicted molar refractivity (Wildman–Crippen MR) is 144 cm³/mol. The Morgan fingerprint density at radius 1 is 0.487 bits per heavy atom. The van der Waals surface area contributed by atoms with Gasteiger partial charge in [-0.05, 0) is 48.5 Å². The van der Waals surface area contributed by atoms with Gasteiger partial charge in [0.05, 0.1) is 22.3 Å². The average molecular weight is 591 g/mol. The summed E-state index contributed by atoms with van der Waals surface area (Å²) in [5.74, 6) is -2.04. The molecule has 0 saturated carbocycles. The minimum atomic E-state index is -0.511. The Balaban J connectivity index is 0.000000224. The number of rotatable bonds is 0. The molecule has 13 heteroatoms. The molecule has 6 rings (SSSR count). The Kier molecular flexibility index (Phi) is 11.3. The number of ketones is 4. The molecule has 0 fully saturated rings. The van der Waals surface area contributed by atoms with Crippen molar-refractivity contribution in [2.45, 2.75) is 0 Å². The second-order valence-electron chi connectivity index (χ2n) is 7.10. The van der Waals surface area contributed by atoms with Crippen LogP contribution in [0.1, 0.15) is 41.4 Å². The molecule has 189 valence electrons. The molecule has 0 amide bonds. The van der Waals surface area contributed by atoms with E-state index in [1.165, 1.54) is 10.3 Å². The van der Waals surface area contributed by atoms with Crippen LogP contribution in [0.15, 0.2) is 73.3 Å². The molecule has 0 atom stereocenters. The summed E-state index contributed by atoms with van der Waals surface area (Å²) in [6.07, 6.45) is 6.33. The number of hydrogen-bond donors (Lipinski definition) is 0. The topological polar surface area (TPSA) is 164 Å². The number of carbonyl (C=O) groups is 4. The summed E-state index contributed by atoms with van der Waals surface area (Å²) in [4.78, 5) is 63.5. The minimum absolute atomic E-state index is 0. The normalized spacial score (nSPS) is 11.3. The monoisotopic (exact) mass is 591 g/mol. The summed E-state index contributed by atoms with van der Waals surface area (Å²) >= 11 is 7.40. The van der Waals surface area contributed by atoms with Crippen molar-refractivity contribution >= 4 is 57.9 Å². The molecule has 0 spiro atoms. The number of carbonyl (C=O) groups excluding carboxylic acids is 4. The van der Waals surface area contributed by atoms with Crippen molar-refractivity contribution in [3.63, 3.8) is 0 Å². The van der Waals surface area contributed by atoms with Crippen LogP contribution >= 0.6 is 24.4 Å². The van der Waals surface area contributed by atoms with Gasteiger partial charge in [-0.2, -0.15) is 10.3 Å². The third kappa shape index (κ3) is 6.46. The Morgan fingerprint density at radius 3 is 0.846 bits per heavy atom. The van der Waals surface area contributed by atoms with Crippen LogP contribution in [0, 0.1) is 0 Å². The van der Waals surface area contributed by atoms with Gasteiger partial charge in [-0.3, -0.25) is 39.1 Å². The van der Waals surface area contributed by atoms with Crippen molar-refractivity contribution in [3.8, 4) is 22.8 Å². The first-order valence-electron chi connectivity index (χ1n) is 10.4.